The van der Waals surface area contributed by atoms with Crippen molar-refractivity contribution in [2.45, 2.75) is 31.8 Å². The van der Waals surface area contributed by atoms with Gasteiger partial charge in [0.05, 0.1) is 0 Å². The molecule has 110 valence electrons. The molecule has 1 N–H and O–H groups in total. The van der Waals surface area contributed by atoms with Crippen LogP contribution in [0.15, 0.2) is 33.3 Å². The predicted molar refractivity (Wildman–Crippen MR) is 79.3 cm³/mol. The summed E-state index contributed by atoms with van der Waals surface area (Å²) < 4.78 is 11.7. The highest BCUT2D eigenvalue weighted by molar-refractivity contribution is 9.10. The van der Waals surface area contributed by atoms with E-state index in [9.17, 15) is 4.79 Å². The van der Waals surface area contributed by atoms with Crippen LogP contribution in [-0.2, 0) is 4.79 Å². The maximum Gasteiger partial charge on any atom is 0.344 e. The molecule has 6 heteroatoms. The number of benzene rings is 1. The van der Waals surface area contributed by atoms with Crippen molar-refractivity contribution in [3.05, 3.63) is 34.5 Å². The molecule has 0 radical (unpaired) electrons. The molecule has 2 aromatic rings. The summed E-state index contributed by atoms with van der Waals surface area (Å²) in [4.78, 5) is 11.0. The number of rotatable bonds is 5. The number of hydrogen-bond donors (Lipinski definition) is 1. The number of hydrogen-bond acceptors (Lipinski definition) is 4. The molecule has 1 unspecified atom stereocenters. The fourth-order valence-corrected chi connectivity index (χ4v) is 2.38. The Morgan fingerprint density at radius 1 is 1.48 bits per heavy atom. The van der Waals surface area contributed by atoms with Crippen LogP contribution >= 0.6 is 15.9 Å². The molecule has 0 bridgehead atoms. The summed E-state index contributed by atoms with van der Waals surface area (Å²) in [6.45, 7) is 1.49. The van der Waals surface area contributed by atoms with E-state index in [4.69, 9.17) is 14.4 Å². The minimum atomic E-state index is -1.01. The number of ether oxygens (including phenoxy) is 1. The minimum absolute atomic E-state index is 0.473. The topological polar surface area (TPSA) is 72.6 Å². The van der Waals surface area contributed by atoms with Crippen molar-refractivity contribution in [2.75, 3.05) is 0 Å². The largest absolute Gasteiger partial charge is 0.479 e. The van der Waals surface area contributed by atoms with Crippen LogP contribution in [0.2, 0.25) is 0 Å². The normalized spacial score (nSPS) is 15.7. The standard InChI is InChI=1S/C15H14BrNO4/c1-8(15(18)19)20-13-5-4-10(16)6-11(13)12-7-14(21-17-12)9-2-3-9/h4-9H,2-3H2,1H3,(H,18,19). The zero-order valence-electron chi connectivity index (χ0n) is 11.4. The smallest absolute Gasteiger partial charge is 0.344 e. The van der Waals surface area contributed by atoms with Gasteiger partial charge in [-0.15, -0.1) is 0 Å². The van der Waals surface area contributed by atoms with Gasteiger partial charge in [-0.3, -0.25) is 0 Å². The molecule has 1 saturated carbocycles. The first-order valence-electron chi connectivity index (χ1n) is 6.70. The van der Waals surface area contributed by atoms with E-state index in [0.717, 1.165) is 23.1 Å². The Bertz CT molecular complexity index is 678. The van der Waals surface area contributed by atoms with Crippen molar-refractivity contribution in [1.82, 2.24) is 5.16 Å². The summed E-state index contributed by atoms with van der Waals surface area (Å²) in [6, 6.07) is 7.27. The number of carbonyl (C=O) groups is 1. The van der Waals surface area contributed by atoms with E-state index in [1.54, 1.807) is 12.1 Å². The van der Waals surface area contributed by atoms with E-state index in [1.807, 2.05) is 12.1 Å². The van der Waals surface area contributed by atoms with E-state index in [-0.39, 0.29) is 0 Å². The first-order valence-corrected chi connectivity index (χ1v) is 7.50. The van der Waals surface area contributed by atoms with Crippen LogP contribution in [0.5, 0.6) is 5.75 Å². The highest BCUT2D eigenvalue weighted by atomic mass is 79.9. The molecular weight excluding hydrogens is 338 g/mol. The van der Waals surface area contributed by atoms with E-state index < -0.39 is 12.1 Å². The summed E-state index contributed by atoms with van der Waals surface area (Å²) >= 11 is 3.41. The third kappa shape index (κ3) is 3.10. The Labute approximate surface area is 130 Å². The first-order chi connectivity index (χ1) is 10.0. The molecule has 0 aliphatic heterocycles. The van der Waals surface area contributed by atoms with Crippen molar-refractivity contribution in [3.63, 3.8) is 0 Å². The molecule has 1 aromatic carbocycles. The van der Waals surface area contributed by atoms with Gasteiger partial charge < -0.3 is 14.4 Å². The van der Waals surface area contributed by atoms with Gasteiger partial charge in [0.25, 0.3) is 0 Å². The second-order valence-corrected chi connectivity index (χ2v) is 6.04. The fourth-order valence-electron chi connectivity index (χ4n) is 2.02. The Hall–Kier alpha value is -1.82. The molecule has 3 rings (SSSR count). The van der Waals surface area contributed by atoms with Crippen LogP contribution in [0.1, 0.15) is 31.4 Å². The molecule has 1 fully saturated rings. The van der Waals surface area contributed by atoms with Crippen molar-refractivity contribution in [3.8, 4) is 17.0 Å². The second-order valence-electron chi connectivity index (χ2n) is 5.13. The zero-order valence-corrected chi connectivity index (χ0v) is 13.0. The Kier molecular flexibility index (Phi) is 3.71. The molecule has 0 saturated heterocycles. The first kappa shape index (κ1) is 14.1. The number of carboxylic acid groups (broad SMARTS) is 1. The number of nitrogens with zero attached hydrogens (tertiary/aromatic N) is 1. The van der Waals surface area contributed by atoms with Crippen molar-refractivity contribution < 1.29 is 19.2 Å². The lowest BCUT2D eigenvalue weighted by molar-refractivity contribution is -0.144. The highest BCUT2D eigenvalue weighted by Gasteiger charge is 2.28. The number of aliphatic carboxylic acids is 1. The van der Waals surface area contributed by atoms with Gasteiger partial charge in [-0.2, -0.15) is 0 Å². The van der Waals surface area contributed by atoms with E-state index in [2.05, 4.69) is 21.1 Å². The zero-order chi connectivity index (χ0) is 15.0. The van der Waals surface area contributed by atoms with Crippen molar-refractivity contribution >= 4 is 21.9 Å². The molecule has 0 amide bonds. The average Bonchev–Trinajstić information content (AvgIpc) is 3.18. The Morgan fingerprint density at radius 3 is 2.90 bits per heavy atom. The molecule has 1 aliphatic rings. The van der Waals surface area contributed by atoms with Crippen molar-refractivity contribution in [1.29, 1.82) is 0 Å². The van der Waals surface area contributed by atoms with E-state index >= 15 is 0 Å². The van der Waals surface area contributed by atoms with Gasteiger partial charge in [0, 0.05) is 22.0 Å². The minimum Gasteiger partial charge on any atom is -0.479 e. The van der Waals surface area contributed by atoms with Crippen LogP contribution in [0, 0.1) is 0 Å². The van der Waals surface area contributed by atoms with Crippen LogP contribution in [0.4, 0.5) is 0 Å². The van der Waals surface area contributed by atoms with Crippen LogP contribution in [0.3, 0.4) is 0 Å². The third-order valence-electron chi connectivity index (χ3n) is 3.38. The SMILES string of the molecule is CC(Oc1ccc(Br)cc1-c1cc(C2CC2)on1)C(=O)O. The predicted octanol–water partition coefficient (Wildman–Crippen LogP) is 3.83. The lowest BCUT2D eigenvalue weighted by Gasteiger charge is -2.13. The number of aromatic nitrogens is 1. The second kappa shape index (κ2) is 5.52. The summed E-state index contributed by atoms with van der Waals surface area (Å²) in [5.41, 5.74) is 1.37. The van der Waals surface area contributed by atoms with Crippen molar-refractivity contribution in [2.24, 2.45) is 0 Å². The lowest BCUT2D eigenvalue weighted by Crippen LogP contribution is -2.23. The quantitative estimate of drug-likeness (QED) is 0.885. The Balaban J connectivity index is 1.94. The van der Waals surface area contributed by atoms with Gasteiger partial charge in [-0.25, -0.2) is 4.79 Å². The molecule has 1 aromatic heterocycles. The third-order valence-corrected chi connectivity index (χ3v) is 3.87. The number of halogens is 1. The maximum absolute atomic E-state index is 11.0. The fraction of sp³-hybridized carbons (Fsp3) is 0.333. The molecule has 0 spiro atoms. The summed E-state index contributed by atoms with van der Waals surface area (Å²) in [6.07, 6.45) is 1.33. The van der Waals surface area contributed by atoms with Gasteiger partial charge >= 0.3 is 5.97 Å². The summed E-state index contributed by atoms with van der Waals surface area (Å²) in [7, 11) is 0. The highest BCUT2D eigenvalue weighted by Crippen LogP contribution is 2.42. The molecule has 1 atom stereocenters. The molecule has 1 heterocycles. The summed E-state index contributed by atoms with van der Waals surface area (Å²) in [5, 5.41) is 13.1. The summed E-state index contributed by atoms with van der Waals surface area (Å²) in [5.74, 6) is 0.814. The van der Waals surface area contributed by atoms with E-state index in [0.29, 0.717) is 22.9 Å². The van der Waals surface area contributed by atoms with Gasteiger partial charge in [0.1, 0.15) is 17.2 Å². The van der Waals surface area contributed by atoms with Crippen LogP contribution in [-0.4, -0.2) is 22.3 Å². The molecule has 1 aliphatic carbocycles. The lowest BCUT2D eigenvalue weighted by atomic mass is 10.1. The van der Waals surface area contributed by atoms with Crippen LogP contribution < -0.4 is 4.74 Å². The number of carboxylic acids is 1. The molecule has 5 nitrogen and oxygen atoms in total. The van der Waals surface area contributed by atoms with Gasteiger partial charge in [0.2, 0.25) is 0 Å². The average molecular weight is 352 g/mol. The molecule has 21 heavy (non-hydrogen) atoms. The van der Waals surface area contributed by atoms with Gasteiger partial charge in [0.15, 0.2) is 6.10 Å². The Morgan fingerprint density at radius 2 is 2.24 bits per heavy atom. The van der Waals surface area contributed by atoms with Crippen LogP contribution in [0.25, 0.3) is 11.3 Å². The van der Waals surface area contributed by atoms with E-state index in [1.165, 1.54) is 6.92 Å². The molecular formula is C15H14BrNO4. The maximum atomic E-state index is 11.0. The monoisotopic (exact) mass is 351 g/mol. The van der Waals surface area contributed by atoms with Gasteiger partial charge in [-0.1, -0.05) is 21.1 Å². The van der Waals surface area contributed by atoms with Gasteiger partial charge in [-0.05, 0) is 38.0 Å².